The monoisotopic (exact) mass is 297 g/mol. The molecule has 0 saturated heterocycles. The maximum Gasteiger partial charge on any atom is 0.302 e. The van der Waals surface area contributed by atoms with E-state index in [1.807, 2.05) is 32.0 Å². The maximum atomic E-state index is 12.3. The molecule has 0 unspecified atom stereocenters. The molecule has 0 heterocycles. The molecule has 4 nitrogen and oxygen atoms in total. The minimum absolute atomic E-state index is 0.160. The molecule has 0 atom stereocenters. The number of esters is 1. The Morgan fingerprint density at radius 3 is 2.36 bits per heavy atom. The average molecular weight is 297 g/mol. The molecule has 1 N–H and O–H groups in total. The second-order valence-corrected chi connectivity index (χ2v) is 5.18. The average Bonchev–Trinajstić information content (AvgIpc) is 2.50. The van der Waals surface area contributed by atoms with Crippen molar-refractivity contribution >= 4 is 17.6 Å². The van der Waals surface area contributed by atoms with E-state index in [4.69, 9.17) is 4.74 Å². The van der Waals surface area contributed by atoms with Crippen LogP contribution in [-0.4, -0.2) is 11.9 Å². The quantitative estimate of drug-likeness (QED) is 0.877. The number of aryl methyl sites for hydroxylation is 1. The van der Waals surface area contributed by atoms with Gasteiger partial charge in [0, 0.05) is 18.2 Å². The topological polar surface area (TPSA) is 55.4 Å². The zero-order valence-electron chi connectivity index (χ0n) is 13.0. The van der Waals surface area contributed by atoms with Gasteiger partial charge in [-0.25, -0.2) is 0 Å². The lowest BCUT2D eigenvalue weighted by Crippen LogP contribution is -2.13. The van der Waals surface area contributed by atoms with E-state index in [1.165, 1.54) is 6.92 Å². The molecule has 0 aliphatic heterocycles. The molecule has 2 aromatic carbocycles. The molecule has 0 radical (unpaired) electrons. The SMILES string of the molecule is CC(=O)OCc1ccc(C(=O)Nc2cccc(C)c2C)cc1. The Hall–Kier alpha value is -2.62. The number of nitrogens with one attached hydrogen (secondary N) is 1. The summed E-state index contributed by atoms with van der Waals surface area (Å²) in [4.78, 5) is 23.0. The van der Waals surface area contributed by atoms with Gasteiger partial charge in [-0.1, -0.05) is 24.3 Å². The van der Waals surface area contributed by atoms with Crippen LogP contribution < -0.4 is 5.32 Å². The number of hydrogen-bond acceptors (Lipinski definition) is 3. The van der Waals surface area contributed by atoms with Crippen molar-refractivity contribution in [3.63, 3.8) is 0 Å². The van der Waals surface area contributed by atoms with Crippen molar-refractivity contribution in [2.75, 3.05) is 5.32 Å². The van der Waals surface area contributed by atoms with Crippen LogP contribution in [0, 0.1) is 13.8 Å². The van der Waals surface area contributed by atoms with Gasteiger partial charge in [0.1, 0.15) is 6.61 Å². The summed E-state index contributed by atoms with van der Waals surface area (Å²) < 4.78 is 4.91. The third-order valence-corrected chi connectivity index (χ3v) is 3.51. The van der Waals surface area contributed by atoms with Gasteiger partial charge < -0.3 is 10.1 Å². The molecule has 0 spiro atoms. The molecule has 0 bridgehead atoms. The summed E-state index contributed by atoms with van der Waals surface area (Å²) in [6, 6.07) is 12.8. The van der Waals surface area contributed by atoms with Crippen LogP contribution in [0.15, 0.2) is 42.5 Å². The van der Waals surface area contributed by atoms with Crippen molar-refractivity contribution in [3.8, 4) is 0 Å². The second kappa shape index (κ2) is 6.89. The highest BCUT2D eigenvalue weighted by molar-refractivity contribution is 6.04. The first kappa shape index (κ1) is 15.8. The van der Waals surface area contributed by atoms with Gasteiger partial charge in [-0.15, -0.1) is 0 Å². The molecule has 2 aromatic rings. The molecule has 2 rings (SSSR count). The number of ether oxygens (including phenoxy) is 1. The van der Waals surface area contributed by atoms with Gasteiger partial charge in [0.2, 0.25) is 0 Å². The fourth-order valence-electron chi connectivity index (χ4n) is 2.02. The van der Waals surface area contributed by atoms with E-state index in [-0.39, 0.29) is 18.5 Å². The molecule has 0 aliphatic carbocycles. The predicted octanol–water partition coefficient (Wildman–Crippen LogP) is 3.62. The number of carbonyl (C=O) groups is 2. The van der Waals surface area contributed by atoms with Crippen molar-refractivity contribution in [1.29, 1.82) is 0 Å². The van der Waals surface area contributed by atoms with Crippen LogP contribution in [0.5, 0.6) is 0 Å². The van der Waals surface area contributed by atoms with Gasteiger partial charge in [0.15, 0.2) is 0 Å². The Bertz CT molecular complexity index is 690. The number of benzene rings is 2. The van der Waals surface area contributed by atoms with Gasteiger partial charge >= 0.3 is 5.97 Å². The molecule has 4 heteroatoms. The molecular weight excluding hydrogens is 278 g/mol. The van der Waals surface area contributed by atoms with Gasteiger partial charge in [0.05, 0.1) is 0 Å². The number of amides is 1. The molecule has 1 amide bonds. The normalized spacial score (nSPS) is 10.1. The van der Waals surface area contributed by atoms with Crippen molar-refractivity contribution < 1.29 is 14.3 Å². The van der Waals surface area contributed by atoms with Gasteiger partial charge in [0.25, 0.3) is 5.91 Å². The van der Waals surface area contributed by atoms with Crippen molar-refractivity contribution in [2.45, 2.75) is 27.4 Å². The number of hydrogen-bond donors (Lipinski definition) is 1. The van der Waals surface area contributed by atoms with E-state index < -0.39 is 0 Å². The summed E-state index contributed by atoms with van der Waals surface area (Å²) in [5, 5.41) is 2.91. The van der Waals surface area contributed by atoms with E-state index in [1.54, 1.807) is 24.3 Å². The first-order chi connectivity index (χ1) is 10.5. The van der Waals surface area contributed by atoms with E-state index in [0.29, 0.717) is 5.56 Å². The van der Waals surface area contributed by atoms with Crippen LogP contribution in [0.3, 0.4) is 0 Å². The van der Waals surface area contributed by atoms with Crippen LogP contribution in [-0.2, 0) is 16.1 Å². The Balaban J connectivity index is 2.06. The van der Waals surface area contributed by atoms with Crippen LogP contribution in [0.1, 0.15) is 34.0 Å². The fraction of sp³-hybridized carbons (Fsp3) is 0.222. The highest BCUT2D eigenvalue weighted by Crippen LogP contribution is 2.19. The minimum Gasteiger partial charge on any atom is -0.461 e. The Morgan fingerprint density at radius 1 is 1.05 bits per heavy atom. The van der Waals surface area contributed by atoms with Gasteiger partial charge in [-0.05, 0) is 48.7 Å². The third kappa shape index (κ3) is 3.95. The fourth-order valence-corrected chi connectivity index (χ4v) is 2.02. The first-order valence-corrected chi connectivity index (χ1v) is 7.07. The summed E-state index contributed by atoms with van der Waals surface area (Å²) in [6.07, 6.45) is 0. The number of anilines is 1. The van der Waals surface area contributed by atoms with E-state index in [2.05, 4.69) is 5.32 Å². The first-order valence-electron chi connectivity index (χ1n) is 7.07. The number of rotatable bonds is 4. The maximum absolute atomic E-state index is 12.3. The van der Waals surface area contributed by atoms with Crippen molar-refractivity contribution in [2.24, 2.45) is 0 Å². The minimum atomic E-state index is -0.322. The van der Waals surface area contributed by atoms with Gasteiger partial charge in [-0.2, -0.15) is 0 Å². The largest absolute Gasteiger partial charge is 0.461 e. The third-order valence-electron chi connectivity index (χ3n) is 3.51. The molecular formula is C18H19NO3. The molecule has 22 heavy (non-hydrogen) atoms. The van der Waals surface area contributed by atoms with Crippen LogP contribution in [0.4, 0.5) is 5.69 Å². The number of carbonyl (C=O) groups excluding carboxylic acids is 2. The molecule has 0 aromatic heterocycles. The summed E-state index contributed by atoms with van der Waals surface area (Å²) in [5.41, 5.74) is 4.41. The van der Waals surface area contributed by atoms with E-state index >= 15 is 0 Å². The van der Waals surface area contributed by atoms with Crippen LogP contribution >= 0.6 is 0 Å². The standard InChI is InChI=1S/C18H19NO3/c1-12-5-4-6-17(13(12)2)19-18(21)16-9-7-15(8-10-16)11-22-14(3)20/h4-10H,11H2,1-3H3,(H,19,21). The Labute approximate surface area is 130 Å². The summed E-state index contributed by atoms with van der Waals surface area (Å²) in [5.74, 6) is -0.482. The smallest absolute Gasteiger partial charge is 0.302 e. The summed E-state index contributed by atoms with van der Waals surface area (Å²) in [7, 11) is 0. The van der Waals surface area contributed by atoms with Crippen molar-refractivity contribution in [1.82, 2.24) is 0 Å². The Kier molecular flexibility index (Phi) is 4.94. The van der Waals surface area contributed by atoms with Gasteiger partial charge in [-0.3, -0.25) is 9.59 Å². The summed E-state index contributed by atoms with van der Waals surface area (Å²) >= 11 is 0. The zero-order valence-corrected chi connectivity index (χ0v) is 13.0. The summed E-state index contributed by atoms with van der Waals surface area (Å²) in [6.45, 7) is 5.57. The van der Waals surface area contributed by atoms with Crippen molar-refractivity contribution in [3.05, 3.63) is 64.7 Å². The predicted molar refractivity (Wildman–Crippen MR) is 85.8 cm³/mol. The lowest BCUT2D eigenvalue weighted by atomic mass is 10.1. The molecule has 0 fully saturated rings. The van der Waals surface area contributed by atoms with E-state index in [0.717, 1.165) is 22.4 Å². The second-order valence-electron chi connectivity index (χ2n) is 5.18. The highest BCUT2D eigenvalue weighted by Gasteiger charge is 2.08. The molecule has 114 valence electrons. The highest BCUT2D eigenvalue weighted by atomic mass is 16.5. The molecule has 0 saturated carbocycles. The van der Waals surface area contributed by atoms with E-state index in [9.17, 15) is 9.59 Å². The van der Waals surface area contributed by atoms with Crippen LogP contribution in [0.25, 0.3) is 0 Å². The van der Waals surface area contributed by atoms with Crippen LogP contribution in [0.2, 0.25) is 0 Å². The Morgan fingerprint density at radius 2 is 1.73 bits per heavy atom. The lowest BCUT2D eigenvalue weighted by molar-refractivity contribution is -0.142. The zero-order chi connectivity index (χ0) is 16.1. The molecule has 0 aliphatic rings. The lowest BCUT2D eigenvalue weighted by Gasteiger charge is -2.10.